The van der Waals surface area contributed by atoms with Crippen molar-refractivity contribution in [2.24, 2.45) is 0 Å². The number of ether oxygens (including phenoxy) is 2. The summed E-state index contributed by atoms with van der Waals surface area (Å²) in [5.41, 5.74) is -1.27. The zero-order valence-corrected chi connectivity index (χ0v) is 14.1. The minimum Gasteiger partial charge on any atom is -0.458 e. The van der Waals surface area contributed by atoms with Crippen molar-refractivity contribution in [3.8, 4) is 0 Å². The lowest BCUT2D eigenvalue weighted by Crippen LogP contribution is -2.51. The van der Waals surface area contributed by atoms with E-state index in [1.54, 1.807) is 46.4 Å². The highest BCUT2D eigenvalue weighted by molar-refractivity contribution is 5.99. The molecule has 0 unspecified atom stereocenters. The predicted octanol–water partition coefficient (Wildman–Crippen LogP) is 2.38. The van der Waals surface area contributed by atoms with Gasteiger partial charge in [0.25, 0.3) is 0 Å². The number of carbonyl (C=O) groups excluding carboxylic acids is 2. The Morgan fingerprint density at radius 3 is 1.35 bits per heavy atom. The topological polar surface area (TPSA) is 55.8 Å². The van der Waals surface area contributed by atoms with Crippen LogP contribution in [0.1, 0.15) is 55.4 Å². The number of hydrogen-bond acceptors (Lipinski definition) is 5. The Balaban J connectivity index is 5.18. The van der Waals surface area contributed by atoms with Crippen LogP contribution in [0.25, 0.3) is 0 Å². The van der Waals surface area contributed by atoms with E-state index in [1.807, 2.05) is 13.8 Å². The Bertz CT molecular complexity index is 307. The largest absolute Gasteiger partial charge is 0.458 e. The van der Waals surface area contributed by atoms with Crippen molar-refractivity contribution >= 4 is 11.9 Å². The van der Waals surface area contributed by atoms with Crippen molar-refractivity contribution in [1.29, 1.82) is 0 Å². The number of carbonyl (C=O) groups is 2. The summed E-state index contributed by atoms with van der Waals surface area (Å²) in [7, 11) is 0. The van der Waals surface area contributed by atoms with E-state index in [-0.39, 0.29) is 0 Å². The lowest BCUT2D eigenvalue weighted by molar-refractivity contribution is -0.176. The van der Waals surface area contributed by atoms with Crippen molar-refractivity contribution < 1.29 is 19.1 Å². The van der Waals surface area contributed by atoms with Gasteiger partial charge in [-0.3, -0.25) is 4.90 Å². The maximum absolute atomic E-state index is 12.3. The fourth-order valence-electron chi connectivity index (χ4n) is 1.70. The van der Waals surface area contributed by atoms with Gasteiger partial charge >= 0.3 is 11.9 Å². The van der Waals surface area contributed by atoms with Gasteiger partial charge in [-0.1, -0.05) is 13.8 Å². The molecule has 0 aromatic heterocycles. The molecule has 5 nitrogen and oxygen atoms in total. The molecule has 0 fully saturated rings. The first-order valence-corrected chi connectivity index (χ1v) is 7.11. The van der Waals surface area contributed by atoms with Gasteiger partial charge in [-0.15, -0.1) is 0 Å². The van der Waals surface area contributed by atoms with E-state index >= 15 is 0 Å². The fraction of sp³-hybridized carbons (Fsp3) is 0.867. The maximum atomic E-state index is 12.3. The molecule has 0 rings (SSSR count). The van der Waals surface area contributed by atoms with E-state index in [2.05, 4.69) is 0 Å². The molecule has 0 aromatic carbocycles. The Kier molecular flexibility index (Phi) is 6.68. The Labute approximate surface area is 122 Å². The van der Waals surface area contributed by atoms with Crippen LogP contribution in [0.5, 0.6) is 0 Å². The number of likely N-dealkylation sites (N-methyl/N-ethyl adjacent to an activating group) is 1. The van der Waals surface area contributed by atoms with Gasteiger partial charge in [0, 0.05) is 0 Å². The number of esters is 2. The van der Waals surface area contributed by atoms with Gasteiger partial charge in [-0.2, -0.15) is 0 Å². The minimum absolute atomic E-state index is 0.560. The summed E-state index contributed by atoms with van der Waals surface area (Å²) in [6.45, 7) is 15.6. The quantitative estimate of drug-likeness (QED) is 0.574. The van der Waals surface area contributed by atoms with Crippen LogP contribution in [0.2, 0.25) is 0 Å². The van der Waals surface area contributed by atoms with Gasteiger partial charge in [0.1, 0.15) is 11.2 Å². The SMILES string of the molecule is CCN(CC)C(C(=O)OC(C)(C)C)C(=O)OC(C)(C)C. The zero-order valence-electron chi connectivity index (χ0n) is 14.1. The van der Waals surface area contributed by atoms with Gasteiger partial charge in [0.05, 0.1) is 0 Å². The molecule has 5 heteroatoms. The second-order valence-electron chi connectivity index (χ2n) is 6.69. The Hall–Kier alpha value is -1.10. The summed E-state index contributed by atoms with van der Waals surface area (Å²) in [6, 6.07) is -1.01. The molecule has 0 atom stereocenters. The molecule has 0 radical (unpaired) electrons. The highest BCUT2D eigenvalue weighted by atomic mass is 16.6. The van der Waals surface area contributed by atoms with Crippen molar-refractivity contribution in [3.63, 3.8) is 0 Å². The smallest absolute Gasteiger partial charge is 0.335 e. The molecule has 0 spiro atoms. The van der Waals surface area contributed by atoms with Crippen LogP contribution >= 0.6 is 0 Å². The monoisotopic (exact) mass is 287 g/mol. The van der Waals surface area contributed by atoms with Crippen LogP contribution in [0, 0.1) is 0 Å². The van der Waals surface area contributed by atoms with Gasteiger partial charge in [-0.05, 0) is 54.6 Å². The summed E-state index contributed by atoms with van der Waals surface area (Å²) < 4.78 is 10.7. The van der Waals surface area contributed by atoms with Crippen LogP contribution in [-0.4, -0.2) is 47.2 Å². The fourth-order valence-corrected chi connectivity index (χ4v) is 1.70. The molecule has 0 amide bonds. The number of nitrogens with zero attached hydrogens (tertiary/aromatic N) is 1. The second-order valence-corrected chi connectivity index (χ2v) is 6.69. The lowest BCUT2D eigenvalue weighted by Gasteiger charge is -2.31. The number of hydrogen-bond donors (Lipinski definition) is 0. The first-order chi connectivity index (χ1) is 8.91. The molecular weight excluding hydrogens is 258 g/mol. The summed E-state index contributed by atoms with van der Waals surface area (Å²) in [6.07, 6.45) is 0. The van der Waals surface area contributed by atoms with Crippen molar-refractivity contribution in [2.75, 3.05) is 13.1 Å². The average molecular weight is 287 g/mol. The molecule has 20 heavy (non-hydrogen) atoms. The van der Waals surface area contributed by atoms with Crippen LogP contribution < -0.4 is 0 Å². The summed E-state index contributed by atoms with van der Waals surface area (Å²) in [5, 5.41) is 0. The molecule has 0 aliphatic carbocycles. The normalized spacial score (nSPS) is 12.7. The number of rotatable bonds is 5. The zero-order chi connectivity index (χ0) is 16.1. The highest BCUT2D eigenvalue weighted by Crippen LogP contribution is 2.16. The van der Waals surface area contributed by atoms with E-state index in [0.717, 1.165) is 0 Å². The Morgan fingerprint density at radius 1 is 0.850 bits per heavy atom. The first kappa shape index (κ1) is 18.9. The molecule has 0 saturated heterocycles. The van der Waals surface area contributed by atoms with Gasteiger partial charge < -0.3 is 9.47 Å². The lowest BCUT2D eigenvalue weighted by atomic mass is 10.1. The van der Waals surface area contributed by atoms with Crippen LogP contribution in [0.15, 0.2) is 0 Å². The maximum Gasteiger partial charge on any atom is 0.335 e. The molecule has 118 valence electrons. The molecular formula is C15H29NO4. The van der Waals surface area contributed by atoms with E-state index in [0.29, 0.717) is 13.1 Å². The molecule has 0 bridgehead atoms. The summed E-state index contributed by atoms with van der Waals surface area (Å²) in [4.78, 5) is 26.3. The molecule has 0 saturated carbocycles. The molecule has 0 aliphatic heterocycles. The third-order valence-corrected chi connectivity index (χ3v) is 2.44. The van der Waals surface area contributed by atoms with Gasteiger partial charge in [0.15, 0.2) is 0 Å². The highest BCUT2D eigenvalue weighted by Gasteiger charge is 2.38. The van der Waals surface area contributed by atoms with E-state index in [1.165, 1.54) is 0 Å². The third-order valence-electron chi connectivity index (χ3n) is 2.44. The van der Waals surface area contributed by atoms with Gasteiger partial charge in [0.2, 0.25) is 6.04 Å². The van der Waals surface area contributed by atoms with Crippen LogP contribution in [-0.2, 0) is 19.1 Å². The molecule has 0 N–H and O–H groups in total. The second kappa shape index (κ2) is 7.07. The average Bonchev–Trinajstić information content (AvgIpc) is 2.19. The van der Waals surface area contributed by atoms with E-state index in [4.69, 9.17) is 9.47 Å². The van der Waals surface area contributed by atoms with Gasteiger partial charge in [-0.25, -0.2) is 9.59 Å². The first-order valence-electron chi connectivity index (χ1n) is 7.11. The summed E-state index contributed by atoms with van der Waals surface area (Å²) >= 11 is 0. The molecule has 0 aromatic rings. The van der Waals surface area contributed by atoms with Crippen molar-refractivity contribution in [3.05, 3.63) is 0 Å². The van der Waals surface area contributed by atoms with Crippen LogP contribution in [0.4, 0.5) is 0 Å². The van der Waals surface area contributed by atoms with E-state index < -0.39 is 29.2 Å². The Morgan fingerprint density at radius 2 is 1.15 bits per heavy atom. The standard InChI is InChI=1S/C15H29NO4/c1-9-16(10-2)11(12(17)19-14(3,4)5)13(18)20-15(6,7)8/h11H,9-10H2,1-8H3. The predicted molar refractivity (Wildman–Crippen MR) is 78.4 cm³/mol. The van der Waals surface area contributed by atoms with E-state index in [9.17, 15) is 9.59 Å². The summed E-state index contributed by atoms with van der Waals surface area (Å²) in [5.74, 6) is -1.12. The van der Waals surface area contributed by atoms with Crippen molar-refractivity contribution in [1.82, 2.24) is 4.90 Å². The minimum atomic E-state index is -1.01. The molecule has 0 aliphatic rings. The molecule has 0 heterocycles. The van der Waals surface area contributed by atoms with Crippen LogP contribution in [0.3, 0.4) is 0 Å². The van der Waals surface area contributed by atoms with Crippen molar-refractivity contribution in [2.45, 2.75) is 72.6 Å². The third kappa shape index (κ3) is 6.89.